The van der Waals surface area contributed by atoms with E-state index in [1.165, 1.54) is 14.2 Å². The van der Waals surface area contributed by atoms with Crippen molar-refractivity contribution in [3.8, 4) is 11.5 Å². The van der Waals surface area contributed by atoms with E-state index in [-0.39, 0.29) is 18.6 Å². The van der Waals surface area contributed by atoms with Gasteiger partial charge in [-0.15, -0.1) is 0 Å². The van der Waals surface area contributed by atoms with Gasteiger partial charge in [0.25, 0.3) is 5.91 Å². The van der Waals surface area contributed by atoms with Crippen LogP contribution < -0.4 is 19.3 Å². The molecule has 1 aliphatic heterocycles. The van der Waals surface area contributed by atoms with Crippen LogP contribution in [0.25, 0.3) is 0 Å². The lowest BCUT2D eigenvalue weighted by atomic mass is 9.99. The van der Waals surface area contributed by atoms with Crippen molar-refractivity contribution in [1.29, 1.82) is 0 Å². The molecule has 0 N–H and O–H groups in total. The predicted octanol–water partition coefficient (Wildman–Crippen LogP) is 5.49. The van der Waals surface area contributed by atoms with Gasteiger partial charge in [0.1, 0.15) is 17.1 Å². The van der Waals surface area contributed by atoms with Gasteiger partial charge in [0.2, 0.25) is 0 Å². The van der Waals surface area contributed by atoms with Gasteiger partial charge in [0.05, 0.1) is 42.7 Å². The molecule has 172 valence electrons. The summed E-state index contributed by atoms with van der Waals surface area (Å²) in [6, 6.07) is 7.16. The van der Waals surface area contributed by atoms with Crippen molar-refractivity contribution in [2.75, 3.05) is 37.2 Å². The average Bonchev–Trinajstić information content (AvgIpc) is 2.78. The van der Waals surface area contributed by atoms with E-state index in [4.69, 9.17) is 14.2 Å². The number of methoxy groups -OCH3 is 2. The first-order chi connectivity index (χ1) is 15.3. The molecule has 1 aliphatic rings. The fourth-order valence-electron chi connectivity index (χ4n) is 3.97. The van der Waals surface area contributed by atoms with Crippen molar-refractivity contribution in [3.05, 3.63) is 45.4 Å². The van der Waals surface area contributed by atoms with Gasteiger partial charge in [-0.1, -0.05) is 6.92 Å². The number of hydrogen-bond acceptors (Lipinski definition) is 5. The molecule has 1 heterocycles. The molecule has 0 saturated heterocycles. The number of amides is 2. The van der Waals surface area contributed by atoms with Crippen LogP contribution in [0.3, 0.4) is 0 Å². The van der Waals surface area contributed by atoms with E-state index < -0.39 is 6.09 Å². The molecule has 1 atom stereocenters. The van der Waals surface area contributed by atoms with Crippen LogP contribution in [0, 0.1) is 13.8 Å². The molecule has 0 aromatic heterocycles. The fourth-order valence-corrected chi connectivity index (χ4v) is 4.47. The Balaban J connectivity index is 2.22. The lowest BCUT2D eigenvalue weighted by Crippen LogP contribution is -2.53. The molecule has 0 fully saturated rings. The highest BCUT2D eigenvalue weighted by molar-refractivity contribution is 9.10. The fraction of sp³-hybridized carbons (Fsp3) is 0.417. The van der Waals surface area contributed by atoms with E-state index in [1.54, 1.807) is 28.9 Å². The quantitative estimate of drug-likeness (QED) is 0.538. The Labute approximate surface area is 197 Å². The molecule has 0 aliphatic carbocycles. The Kier molecular flexibility index (Phi) is 7.33. The number of fused-ring (bicyclic) bond motifs is 1. The number of aryl methyl sites for hydroxylation is 2. The highest BCUT2D eigenvalue weighted by atomic mass is 79.9. The molecule has 3 rings (SSSR count). The van der Waals surface area contributed by atoms with Crippen LogP contribution in [0.2, 0.25) is 0 Å². The zero-order valence-corrected chi connectivity index (χ0v) is 20.9. The van der Waals surface area contributed by atoms with Gasteiger partial charge in [-0.05, 0) is 78.5 Å². The van der Waals surface area contributed by atoms with Crippen LogP contribution in [-0.2, 0) is 4.74 Å². The maximum Gasteiger partial charge on any atom is 0.414 e. The maximum atomic E-state index is 13.9. The number of nitrogens with zero attached hydrogens (tertiary/aromatic N) is 2. The summed E-state index contributed by atoms with van der Waals surface area (Å²) < 4.78 is 17.0. The number of rotatable bonds is 5. The molecule has 2 aromatic carbocycles. The molecule has 0 saturated carbocycles. The lowest BCUT2D eigenvalue weighted by Gasteiger charge is -2.42. The zero-order chi connectivity index (χ0) is 23.6. The first kappa shape index (κ1) is 23.9. The van der Waals surface area contributed by atoms with E-state index in [0.29, 0.717) is 45.9 Å². The van der Waals surface area contributed by atoms with Crippen molar-refractivity contribution >= 4 is 39.3 Å². The van der Waals surface area contributed by atoms with Gasteiger partial charge in [-0.3, -0.25) is 9.69 Å². The van der Waals surface area contributed by atoms with Crippen LogP contribution in [0.4, 0.5) is 16.2 Å². The minimum atomic E-state index is -0.409. The lowest BCUT2D eigenvalue weighted by molar-refractivity contribution is 0.0975. The minimum Gasteiger partial charge on any atom is -0.496 e. The molecule has 0 bridgehead atoms. The maximum absolute atomic E-state index is 13.9. The molecule has 2 aromatic rings. The third-order valence-electron chi connectivity index (χ3n) is 5.79. The second-order valence-electron chi connectivity index (χ2n) is 7.63. The first-order valence-electron chi connectivity index (χ1n) is 10.6. The molecule has 2 amide bonds. The summed E-state index contributed by atoms with van der Waals surface area (Å²) in [6.07, 6.45) is 0.246. The molecular weight excluding hydrogens is 476 g/mol. The van der Waals surface area contributed by atoms with Crippen molar-refractivity contribution in [3.63, 3.8) is 0 Å². The monoisotopic (exact) mass is 504 g/mol. The number of benzene rings is 2. The number of hydrogen-bond donors (Lipinski definition) is 0. The highest BCUT2D eigenvalue weighted by Gasteiger charge is 2.39. The molecule has 0 spiro atoms. The average molecular weight is 505 g/mol. The van der Waals surface area contributed by atoms with Gasteiger partial charge >= 0.3 is 6.09 Å². The Morgan fingerprint density at radius 1 is 1.06 bits per heavy atom. The summed E-state index contributed by atoms with van der Waals surface area (Å²) in [6.45, 7) is 8.35. The van der Waals surface area contributed by atoms with E-state index >= 15 is 0 Å². The standard InChI is InChI=1S/C24H29BrN2O5/c1-7-16-13-26(23(28)21-20(30-5)10-9-17(25)22(21)31-6)18-11-14(3)15(4)12-19(18)27(16)24(29)32-8-2/h9-12,16H,7-8,13H2,1-6H3. The van der Waals surface area contributed by atoms with Crippen LogP contribution in [0.1, 0.15) is 41.8 Å². The number of carbonyl (C=O) groups excluding carboxylic acids is 2. The largest absolute Gasteiger partial charge is 0.496 e. The van der Waals surface area contributed by atoms with Crippen LogP contribution in [0.15, 0.2) is 28.7 Å². The van der Waals surface area contributed by atoms with Gasteiger partial charge in [-0.25, -0.2) is 4.79 Å². The Hall–Kier alpha value is -2.74. The molecule has 1 unspecified atom stereocenters. The summed E-state index contributed by atoms with van der Waals surface area (Å²) in [7, 11) is 3.04. The SMILES string of the molecule is CCOC(=O)N1c2cc(C)c(C)cc2N(C(=O)c2c(OC)ccc(Br)c2OC)CC1CC. The van der Waals surface area contributed by atoms with Gasteiger partial charge in [0.15, 0.2) is 0 Å². The van der Waals surface area contributed by atoms with Crippen molar-refractivity contribution < 1.29 is 23.8 Å². The van der Waals surface area contributed by atoms with Crippen LogP contribution in [-0.4, -0.2) is 45.4 Å². The van der Waals surface area contributed by atoms with E-state index in [1.807, 2.05) is 32.9 Å². The molecular formula is C24H29BrN2O5. The third kappa shape index (κ3) is 4.16. The molecule has 7 nitrogen and oxygen atoms in total. The number of carbonyl (C=O) groups is 2. The normalized spacial score (nSPS) is 15.3. The van der Waals surface area contributed by atoms with Crippen molar-refractivity contribution in [2.45, 2.75) is 40.2 Å². The second-order valence-corrected chi connectivity index (χ2v) is 8.48. The van der Waals surface area contributed by atoms with E-state index in [0.717, 1.165) is 11.1 Å². The number of halogens is 1. The Bertz CT molecular complexity index is 1040. The van der Waals surface area contributed by atoms with Gasteiger partial charge in [-0.2, -0.15) is 0 Å². The first-order valence-corrected chi connectivity index (χ1v) is 11.4. The summed E-state index contributed by atoms with van der Waals surface area (Å²) >= 11 is 3.47. The summed E-state index contributed by atoms with van der Waals surface area (Å²) in [5.74, 6) is 0.563. The molecule has 8 heteroatoms. The Morgan fingerprint density at radius 2 is 1.72 bits per heavy atom. The molecule has 0 radical (unpaired) electrons. The number of ether oxygens (including phenoxy) is 3. The van der Waals surface area contributed by atoms with E-state index in [9.17, 15) is 9.59 Å². The Morgan fingerprint density at radius 3 is 2.28 bits per heavy atom. The highest BCUT2D eigenvalue weighted by Crippen LogP contribution is 2.42. The summed E-state index contributed by atoms with van der Waals surface area (Å²) in [5.41, 5.74) is 3.69. The van der Waals surface area contributed by atoms with Crippen molar-refractivity contribution in [2.24, 2.45) is 0 Å². The van der Waals surface area contributed by atoms with Crippen LogP contribution in [0.5, 0.6) is 11.5 Å². The smallest absolute Gasteiger partial charge is 0.414 e. The van der Waals surface area contributed by atoms with Crippen LogP contribution >= 0.6 is 15.9 Å². The zero-order valence-electron chi connectivity index (χ0n) is 19.3. The molecule has 32 heavy (non-hydrogen) atoms. The number of anilines is 2. The van der Waals surface area contributed by atoms with Gasteiger partial charge < -0.3 is 19.1 Å². The third-order valence-corrected chi connectivity index (χ3v) is 6.41. The van der Waals surface area contributed by atoms with Gasteiger partial charge in [0, 0.05) is 6.54 Å². The summed E-state index contributed by atoms with van der Waals surface area (Å²) in [4.78, 5) is 30.2. The van der Waals surface area contributed by atoms with E-state index in [2.05, 4.69) is 15.9 Å². The predicted molar refractivity (Wildman–Crippen MR) is 128 cm³/mol. The van der Waals surface area contributed by atoms with Crippen molar-refractivity contribution in [1.82, 2.24) is 0 Å². The minimum absolute atomic E-state index is 0.239. The summed E-state index contributed by atoms with van der Waals surface area (Å²) in [5, 5.41) is 0. The topological polar surface area (TPSA) is 68.3 Å². The second kappa shape index (κ2) is 9.81.